The first-order valence-corrected chi connectivity index (χ1v) is 7.14. The Morgan fingerprint density at radius 2 is 2.39 bits per heavy atom. The van der Waals surface area contributed by atoms with Crippen LogP contribution in [-0.2, 0) is 4.79 Å². The number of thiazole rings is 1. The summed E-state index contributed by atoms with van der Waals surface area (Å²) < 4.78 is 0. The molecule has 0 radical (unpaired) electrons. The molecule has 6 heteroatoms. The van der Waals surface area contributed by atoms with Gasteiger partial charge in [0.2, 0.25) is 5.91 Å². The van der Waals surface area contributed by atoms with Gasteiger partial charge in [-0.05, 0) is 38.8 Å². The van der Waals surface area contributed by atoms with Crippen LogP contribution in [0.5, 0.6) is 0 Å². The molecule has 1 fully saturated rings. The van der Waals surface area contributed by atoms with Gasteiger partial charge in [-0.25, -0.2) is 4.98 Å². The molecule has 1 atom stereocenters. The molecular formula is C12H19N3O2S. The van der Waals surface area contributed by atoms with Crippen molar-refractivity contribution in [1.29, 1.82) is 0 Å². The molecule has 1 aliphatic heterocycles. The minimum Gasteiger partial charge on any atom is -0.396 e. The number of amides is 1. The standard InChI is InChI=1S/C12H19N3O2S/c1-9(11(17)14-12-13-4-7-18-12)15-5-2-10(8-16)3-6-15/h4,7,9-10,16H,2-3,5-6,8H2,1H3,(H,13,14,17). The third-order valence-corrected chi connectivity index (χ3v) is 4.19. The summed E-state index contributed by atoms with van der Waals surface area (Å²) in [5.41, 5.74) is 0. The van der Waals surface area contributed by atoms with Gasteiger partial charge in [-0.15, -0.1) is 11.3 Å². The number of nitrogens with zero attached hydrogens (tertiary/aromatic N) is 2. The molecule has 100 valence electrons. The van der Waals surface area contributed by atoms with Crippen LogP contribution in [0.25, 0.3) is 0 Å². The van der Waals surface area contributed by atoms with Gasteiger partial charge in [0, 0.05) is 18.2 Å². The second-order valence-electron chi connectivity index (χ2n) is 4.66. The SMILES string of the molecule is CC(C(=O)Nc1nccs1)N1CCC(CO)CC1. The predicted octanol–water partition coefficient (Wildman–Crippen LogP) is 1.17. The van der Waals surface area contributed by atoms with Gasteiger partial charge in [-0.3, -0.25) is 9.69 Å². The first kappa shape index (κ1) is 13.5. The van der Waals surface area contributed by atoms with E-state index in [0.29, 0.717) is 11.0 Å². The normalized spacial score (nSPS) is 19.7. The van der Waals surface area contributed by atoms with Crippen molar-refractivity contribution in [2.75, 3.05) is 25.0 Å². The monoisotopic (exact) mass is 269 g/mol. The van der Waals surface area contributed by atoms with E-state index in [0.717, 1.165) is 25.9 Å². The number of rotatable bonds is 4. The zero-order valence-corrected chi connectivity index (χ0v) is 11.3. The van der Waals surface area contributed by atoms with E-state index in [1.165, 1.54) is 11.3 Å². The van der Waals surface area contributed by atoms with Gasteiger partial charge in [0.15, 0.2) is 5.13 Å². The summed E-state index contributed by atoms with van der Waals surface area (Å²) in [5.74, 6) is 0.392. The highest BCUT2D eigenvalue weighted by molar-refractivity contribution is 7.13. The van der Waals surface area contributed by atoms with Crippen LogP contribution in [0.4, 0.5) is 5.13 Å². The lowest BCUT2D eigenvalue weighted by Crippen LogP contribution is -2.46. The van der Waals surface area contributed by atoms with E-state index < -0.39 is 0 Å². The molecule has 0 aromatic carbocycles. The Morgan fingerprint density at radius 3 is 2.94 bits per heavy atom. The fourth-order valence-electron chi connectivity index (χ4n) is 2.18. The molecule has 1 aliphatic rings. The van der Waals surface area contributed by atoms with Crippen molar-refractivity contribution < 1.29 is 9.90 Å². The van der Waals surface area contributed by atoms with Crippen LogP contribution in [0, 0.1) is 5.92 Å². The number of piperidine rings is 1. The van der Waals surface area contributed by atoms with E-state index in [-0.39, 0.29) is 18.6 Å². The number of aliphatic hydroxyl groups excluding tert-OH is 1. The van der Waals surface area contributed by atoms with E-state index >= 15 is 0 Å². The molecule has 1 unspecified atom stereocenters. The summed E-state index contributed by atoms with van der Waals surface area (Å²) in [6.45, 7) is 3.92. The van der Waals surface area contributed by atoms with Crippen LogP contribution in [0.2, 0.25) is 0 Å². The van der Waals surface area contributed by atoms with Crippen LogP contribution >= 0.6 is 11.3 Å². The third kappa shape index (κ3) is 3.28. The highest BCUT2D eigenvalue weighted by Crippen LogP contribution is 2.19. The Morgan fingerprint density at radius 1 is 1.67 bits per heavy atom. The highest BCUT2D eigenvalue weighted by Gasteiger charge is 2.26. The van der Waals surface area contributed by atoms with Gasteiger partial charge in [-0.1, -0.05) is 0 Å². The summed E-state index contributed by atoms with van der Waals surface area (Å²) in [5, 5.41) is 14.4. The maximum atomic E-state index is 12.0. The molecule has 2 N–H and O–H groups in total. The number of hydrogen-bond donors (Lipinski definition) is 2. The van der Waals surface area contributed by atoms with E-state index in [1.807, 2.05) is 12.3 Å². The quantitative estimate of drug-likeness (QED) is 0.861. The summed E-state index contributed by atoms with van der Waals surface area (Å²) in [7, 11) is 0. The van der Waals surface area contributed by atoms with Gasteiger partial charge in [0.05, 0.1) is 6.04 Å². The van der Waals surface area contributed by atoms with Crippen molar-refractivity contribution in [1.82, 2.24) is 9.88 Å². The van der Waals surface area contributed by atoms with Crippen molar-refractivity contribution in [3.8, 4) is 0 Å². The molecule has 1 aromatic heterocycles. The van der Waals surface area contributed by atoms with Gasteiger partial charge in [-0.2, -0.15) is 0 Å². The average molecular weight is 269 g/mol. The smallest absolute Gasteiger partial charge is 0.243 e. The molecule has 2 rings (SSSR count). The Hall–Kier alpha value is -0.980. The Bertz CT molecular complexity index is 375. The molecule has 0 bridgehead atoms. The van der Waals surface area contributed by atoms with Crippen LogP contribution in [-0.4, -0.2) is 46.6 Å². The second-order valence-corrected chi connectivity index (χ2v) is 5.56. The molecule has 2 heterocycles. The van der Waals surface area contributed by atoms with Gasteiger partial charge in [0.1, 0.15) is 0 Å². The fourth-order valence-corrected chi connectivity index (χ4v) is 2.72. The molecule has 1 aromatic rings. The lowest BCUT2D eigenvalue weighted by atomic mass is 9.97. The van der Waals surface area contributed by atoms with Gasteiger partial charge >= 0.3 is 0 Å². The number of likely N-dealkylation sites (tertiary alicyclic amines) is 1. The minimum absolute atomic E-state index is 0.00704. The maximum absolute atomic E-state index is 12.0. The Kier molecular flexibility index (Phi) is 4.68. The Labute approximate surface area is 111 Å². The number of aliphatic hydroxyl groups is 1. The molecule has 18 heavy (non-hydrogen) atoms. The predicted molar refractivity (Wildman–Crippen MR) is 71.6 cm³/mol. The lowest BCUT2D eigenvalue weighted by Gasteiger charge is -2.34. The molecule has 0 saturated carbocycles. The zero-order valence-electron chi connectivity index (χ0n) is 10.5. The summed E-state index contributed by atoms with van der Waals surface area (Å²) >= 11 is 1.42. The molecule has 5 nitrogen and oxygen atoms in total. The number of nitrogens with one attached hydrogen (secondary N) is 1. The van der Waals surface area contributed by atoms with Crippen molar-refractivity contribution in [2.24, 2.45) is 5.92 Å². The van der Waals surface area contributed by atoms with Crippen LogP contribution in [0.1, 0.15) is 19.8 Å². The van der Waals surface area contributed by atoms with E-state index in [1.54, 1.807) is 6.20 Å². The topological polar surface area (TPSA) is 65.5 Å². The van der Waals surface area contributed by atoms with Gasteiger partial charge < -0.3 is 10.4 Å². The maximum Gasteiger partial charge on any atom is 0.243 e. The minimum atomic E-state index is -0.145. The number of hydrogen-bond acceptors (Lipinski definition) is 5. The van der Waals surface area contributed by atoms with E-state index in [9.17, 15) is 4.79 Å². The second kappa shape index (κ2) is 6.26. The number of carbonyl (C=O) groups is 1. The number of carbonyl (C=O) groups excluding carboxylic acids is 1. The third-order valence-electron chi connectivity index (χ3n) is 3.50. The van der Waals surface area contributed by atoms with E-state index in [4.69, 9.17) is 5.11 Å². The summed E-state index contributed by atoms with van der Waals surface area (Å²) in [6.07, 6.45) is 3.61. The first-order valence-electron chi connectivity index (χ1n) is 6.26. The van der Waals surface area contributed by atoms with Crippen molar-refractivity contribution in [3.05, 3.63) is 11.6 Å². The number of anilines is 1. The molecule has 1 saturated heterocycles. The molecule has 1 amide bonds. The van der Waals surface area contributed by atoms with Crippen LogP contribution in [0.3, 0.4) is 0 Å². The Balaban J connectivity index is 1.83. The van der Waals surface area contributed by atoms with Crippen LogP contribution < -0.4 is 5.32 Å². The average Bonchev–Trinajstić information content (AvgIpc) is 2.91. The number of aromatic nitrogens is 1. The molecule has 0 spiro atoms. The van der Waals surface area contributed by atoms with Crippen molar-refractivity contribution >= 4 is 22.4 Å². The van der Waals surface area contributed by atoms with Gasteiger partial charge in [0.25, 0.3) is 0 Å². The van der Waals surface area contributed by atoms with Crippen molar-refractivity contribution in [2.45, 2.75) is 25.8 Å². The van der Waals surface area contributed by atoms with E-state index in [2.05, 4.69) is 15.2 Å². The highest BCUT2D eigenvalue weighted by atomic mass is 32.1. The first-order chi connectivity index (χ1) is 8.70. The molecule has 0 aliphatic carbocycles. The van der Waals surface area contributed by atoms with Crippen molar-refractivity contribution in [3.63, 3.8) is 0 Å². The molecular weight excluding hydrogens is 250 g/mol. The summed E-state index contributed by atoms with van der Waals surface area (Å²) in [6, 6.07) is -0.145. The summed E-state index contributed by atoms with van der Waals surface area (Å²) in [4.78, 5) is 18.2. The lowest BCUT2D eigenvalue weighted by molar-refractivity contribution is -0.121. The van der Waals surface area contributed by atoms with Crippen LogP contribution in [0.15, 0.2) is 11.6 Å². The zero-order chi connectivity index (χ0) is 13.0. The largest absolute Gasteiger partial charge is 0.396 e. The fraction of sp³-hybridized carbons (Fsp3) is 0.667.